The van der Waals surface area contributed by atoms with Crippen LogP contribution >= 0.6 is 0 Å². The Labute approximate surface area is 119 Å². The van der Waals surface area contributed by atoms with Gasteiger partial charge in [-0.15, -0.1) is 0 Å². The molecule has 1 heterocycles. The van der Waals surface area contributed by atoms with Gasteiger partial charge in [-0.1, -0.05) is 30.3 Å². The zero-order chi connectivity index (χ0) is 14.6. The van der Waals surface area contributed by atoms with Gasteiger partial charge in [-0.25, -0.2) is 0 Å². The summed E-state index contributed by atoms with van der Waals surface area (Å²) in [5, 5.41) is 19.1. The van der Waals surface area contributed by atoms with E-state index >= 15 is 0 Å². The number of carbonyl (C=O) groups excluding carboxylic acids is 1. The molecule has 1 fully saturated rings. The lowest BCUT2D eigenvalue weighted by molar-refractivity contribution is -0.137. The topological polar surface area (TPSA) is 64.3 Å². The Morgan fingerprint density at radius 3 is 2.55 bits per heavy atom. The Morgan fingerprint density at radius 1 is 1.40 bits per heavy atom. The van der Waals surface area contributed by atoms with E-state index in [2.05, 4.69) is 6.07 Å². The molecule has 20 heavy (non-hydrogen) atoms. The van der Waals surface area contributed by atoms with Crippen LogP contribution in [0.25, 0.3) is 0 Å². The summed E-state index contributed by atoms with van der Waals surface area (Å²) in [4.78, 5) is 14.1. The van der Waals surface area contributed by atoms with Crippen LogP contribution in [-0.4, -0.2) is 34.6 Å². The maximum atomic E-state index is 12.4. The third-order valence-electron chi connectivity index (χ3n) is 3.89. The first-order valence-corrected chi connectivity index (χ1v) is 6.96. The number of amides is 1. The highest BCUT2D eigenvalue weighted by atomic mass is 16.3. The molecule has 0 aromatic heterocycles. The van der Waals surface area contributed by atoms with Gasteiger partial charge in [0.2, 0.25) is 5.91 Å². The highest BCUT2D eigenvalue weighted by Gasteiger charge is 2.32. The molecule has 1 aliphatic heterocycles. The van der Waals surface area contributed by atoms with Gasteiger partial charge < -0.3 is 10.0 Å². The van der Waals surface area contributed by atoms with Crippen molar-refractivity contribution >= 4 is 5.91 Å². The molecule has 1 amide bonds. The Hall–Kier alpha value is -1.86. The minimum atomic E-state index is -0.682. The zero-order valence-electron chi connectivity index (χ0n) is 11.7. The fourth-order valence-corrected chi connectivity index (χ4v) is 2.47. The molecule has 1 aromatic rings. The quantitative estimate of drug-likeness (QED) is 0.911. The second-order valence-corrected chi connectivity index (χ2v) is 5.69. The number of nitriles is 1. The molecule has 0 bridgehead atoms. The minimum absolute atomic E-state index is 0.119. The highest BCUT2D eigenvalue weighted by Crippen LogP contribution is 2.23. The molecule has 1 atom stereocenters. The summed E-state index contributed by atoms with van der Waals surface area (Å²) in [6.07, 6.45) is 1.59. The summed E-state index contributed by atoms with van der Waals surface area (Å²) in [5.74, 6) is -0.757. The van der Waals surface area contributed by atoms with Crippen molar-refractivity contribution in [3.63, 3.8) is 0 Å². The number of aliphatic hydroxyl groups is 1. The van der Waals surface area contributed by atoms with E-state index in [4.69, 9.17) is 0 Å². The van der Waals surface area contributed by atoms with E-state index in [9.17, 15) is 15.2 Å². The molecule has 0 radical (unpaired) electrons. The normalized spacial score (nSPS) is 19.1. The Bertz CT molecular complexity index is 495. The van der Waals surface area contributed by atoms with Crippen molar-refractivity contribution in [2.24, 2.45) is 5.92 Å². The van der Waals surface area contributed by atoms with E-state index in [1.807, 2.05) is 30.3 Å². The molecule has 0 spiro atoms. The van der Waals surface area contributed by atoms with E-state index in [-0.39, 0.29) is 5.91 Å². The predicted octanol–water partition coefficient (Wildman–Crippen LogP) is 1.74. The van der Waals surface area contributed by atoms with Crippen molar-refractivity contribution in [1.29, 1.82) is 5.26 Å². The van der Waals surface area contributed by atoms with Gasteiger partial charge in [0, 0.05) is 13.1 Å². The van der Waals surface area contributed by atoms with Crippen LogP contribution in [0.5, 0.6) is 0 Å². The van der Waals surface area contributed by atoms with E-state index in [0.717, 1.165) is 5.56 Å². The van der Waals surface area contributed by atoms with Crippen LogP contribution in [0.4, 0.5) is 0 Å². The van der Waals surface area contributed by atoms with Crippen LogP contribution in [-0.2, 0) is 11.2 Å². The van der Waals surface area contributed by atoms with Crippen molar-refractivity contribution in [1.82, 2.24) is 4.90 Å². The second-order valence-electron chi connectivity index (χ2n) is 5.69. The Morgan fingerprint density at radius 2 is 2.00 bits per heavy atom. The summed E-state index contributed by atoms with van der Waals surface area (Å²) in [6.45, 7) is 2.85. The maximum absolute atomic E-state index is 12.4. The van der Waals surface area contributed by atoms with E-state index in [1.54, 1.807) is 11.8 Å². The first-order chi connectivity index (χ1) is 9.52. The molecule has 0 aliphatic carbocycles. The maximum Gasteiger partial charge on any atom is 0.240 e. The molecule has 106 valence electrons. The van der Waals surface area contributed by atoms with Gasteiger partial charge in [-0.05, 0) is 31.7 Å². The average Bonchev–Trinajstić information content (AvgIpc) is 2.45. The monoisotopic (exact) mass is 272 g/mol. The summed E-state index contributed by atoms with van der Waals surface area (Å²) in [6, 6.07) is 11.7. The largest absolute Gasteiger partial charge is 0.390 e. The number of nitrogens with zero attached hydrogens (tertiary/aromatic N) is 2. The van der Waals surface area contributed by atoms with Gasteiger partial charge >= 0.3 is 0 Å². The molecule has 1 aromatic carbocycles. The lowest BCUT2D eigenvalue weighted by atomic mass is 9.92. The first kappa shape index (κ1) is 14.5. The smallest absolute Gasteiger partial charge is 0.240 e. The van der Waals surface area contributed by atoms with Crippen LogP contribution in [0.2, 0.25) is 0 Å². The van der Waals surface area contributed by atoms with E-state index < -0.39 is 11.5 Å². The molecule has 0 saturated carbocycles. The van der Waals surface area contributed by atoms with Gasteiger partial charge in [0.1, 0.15) is 5.92 Å². The molecule has 4 nitrogen and oxygen atoms in total. The third-order valence-corrected chi connectivity index (χ3v) is 3.89. The lowest BCUT2D eigenvalue weighted by Crippen LogP contribution is -2.47. The van der Waals surface area contributed by atoms with Crippen LogP contribution in [0.15, 0.2) is 30.3 Å². The first-order valence-electron chi connectivity index (χ1n) is 6.96. The van der Waals surface area contributed by atoms with Gasteiger partial charge in [0.15, 0.2) is 0 Å². The molecular weight excluding hydrogens is 252 g/mol. The molecule has 1 unspecified atom stereocenters. The standard InChI is InChI=1S/C16H20N2O2/c1-16(20)7-9-18(10-8-16)15(19)14(12-17)11-13-5-3-2-4-6-13/h2-6,14,20H,7-11H2,1H3. The molecule has 4 heteroatoms. The van der Waals surface area contributed by atoms with E-state index in [0.29, 0.717) is 32.4 Å². The number of carbonyl (C=O) groups is 1. The van der Waals surface area contributed by atoms with Gasteiger partial charge in [-0.2, -0.15) is 5.26 Å². The summed E-state index contributed by atoms with van der Waals surface area (Å²) in [5.41, 5.74) is 0.314. The van der Waals surface area contributed by atoms with Crippen molar-refractivity contribution in [2.75, 3.05) is 13.1 Å². The summed E-state index contributed by atoms with van der Waals surface area (Å²) in [7, 11) is 0. The van der Waals surface area contributed by atoms with Crippen molar-refractivity contribution < 1.29 is 9.90 Å². The number of hydrogen-bond acceptors (Lipinski definition) is 3. The lowest BCUT2D eigenvalue weighted by Gasteiger charge is -2.36. The zero-order valence-corrected chi connectivity index (χ0v) is 11.7. The van der Waals surface area contributed by atoms with Gasteiger partial charge in [0.25, 0.3) is 0 Å². The fourth-order valence-electron chi connectivity index (χ4n) is 2.47. The minimum Gasteiger partial charge on any atom is -0.390 e. The Balaban J connectivity index is 1.98. The van der Waals surface area contributed by atoms with E-state index in [1.165, 1.54) is 0 Å². The molecule has 1 N–H and O–H groups in total. The number of piperidine rings is 1. The number of likely N-dealkylation sites (tertiary alicyclic amines) is 1. The van der Waals surface area contributed by atoms with Crippen molar-refractivity contribution in [3.05, 3.63) is 35.9 Å². The van der Waals surface area contributed by atoms with Crippen LogP contribution < -0.4 is 0 Å². The second kappa shape index (κ2) is 6.06. The van der Waals surface area contributed by atoms with Crippen molar-refractivity contribution in [3.8, 4) is 6.07 Å². The Kier molecular flexibility index (Phi) is 4.41. The van der Waals surface area contributed by atoms with Crippen molar-refractivity contribution in [2.45, 2.75) is 31.8 Å². The third kappa shape index (κ3) is 3.58. The van der Waals surface area contributed by atoms with Gasteiger partial charge in [0.05, 0.1) is 11.7 Å². The SMILES string of the molecule is CC1(O)CCN(C(=O)C(C#N)Cc2ccccc2)CC1. The molecule has 2 rings (SSSR count). The predicted molar refractivity (Wildman–Crippen MR) is 75.7 cm³/mol. The number of hydrogen-bond donors (Lipinski definition) is 1. The number of rotatable bonds is 3. The summed E-state index contributed by atoms with van der Waals surface area (Å²) >= 11 is 0. The average molecular weight is 272 g/mol. The summed E-state index contributed by atoms with van der Waals surface area (Å²) < 4.78 is 0. The molecule has 1 saturated heterocycles. The van der Waals surface area contributed by atoms with Crippen LogP contribution in [0.1, 0.15) is 25.3 Å². The van der Waals surface area contributed by atoms with Crippen LogP contribution in [0.3, 0.4) is 0 Å². The fraction of sp³-hybridized carbons (Fsp3) is 0.500. The molecular formula is C16H20N2O2. The van der Waals surface area contributed by atoms with Crippen LogP contribution in [0, 0.1) is 17.2 Å². The van der Waals surface area contributed by atoms with Gasteiger partial charge in [-0.3, -0.25) is 4.79 Å². The molecule has 1 aliphatic rings. The number of benzene rings is 1. The highest BCUT2D eigenvalue weighted by molar-refractivity contribution is 5.81.